The van der Waals surface area contributed by atoms with E-state index in [-0.39, 0.29) is 23.3 Å². The Balaban J connectivity index is 2.24. The maximum absolute atomic E-state index is 12.8. The molecule has 124 valence electrons. The van der Waals surface area contributed by atoms with E-state index in [0.717, 1.165) is 6.42 Å². The van der Waals surface area contributed by atoms with Crippen molar-refractivity contribution in [3.63, 3.8) is 0 Å². The van der Waals surface area contributed by atoms with Gasteiger partial charge in [0.2, 0.25) is 15.9 Å². The summed E-state index contributed by atoms with van der Waals surface area (Å²) in [5, 5.41) is 6.68. The van der Waals surface area contributed by atoms with Gasteiger partial charge in [0.15, 0.2) is 0 Å². The lowest BCUT2D eigenvalue weighted by atomic mass is 9.98. The standard InChI is InChI=1S/C14H24N4O3S/c1-5-17(4)14(19)12-7-6-8-18(9-12)22(20,21)13-10(2)15-16-11(13)3/h12H,5-9H2,1-4H3,(H,15,16). The van der Waals surface area contributed by atoms with E-state index in [2.05, 4.69) is 10.2 Å². The fraction of sp³-hybridized carbons (Fsp3) is 0.714. The van der Waals surface area contributed by atoms with Crippen molar-refractivity contribution in [2.75, 3.05) is 26.7 Å². The van der Waals surface area contributed by atoms with Crippen LogP contribution in [0.25, 0.3) is 0 Å². The summed E-state index contributed by atoms with van der Waals surface area (Å²) in [6.45, 7) is 6.61. The minimum atomic E-state index is -3.61. The average Bonchev–Trinajstić information content (AvgIpc) is 2.85. The van der Waals surface area contributed by atoms with E-state index in [4.69, 9.17) is 0 Å². The molecule has 1 aliphatic rings. The van der Waals surface area contributed by atoms with Gasteiger partial charge in [0, 0.05) is 26.7 Å². The molecular weight excluding hydrogens is 304 g/mol. The molecule has 1 aromatic rings. The smallest absolute Gasteiger partial charge is 0.246 e. The van der Waals surface area contributed by atoms with Crippen LogP contribution in [0.1, 0.15) is 31.2 Å². The molecular formula is C14H24N4O3S. The zero-order chi connectivity index (χ0) is 16.5. The van der Waals surface area contributed by atoms with Crippen LogP contribution in [0.3, 0.4) is 0 Å². The highest BCUT2D eigenvalue weighted by atomic mass is 32.2. The van der Waals surface area contributed by atoms with Gasteiger partial charge in [-0.15, -0.1) is 0 Å². The summed E-state index contributed by atoms with van der Waals surface area (Å²) in [5.74, 6) is -0.246. The first kappa shape index (κ1) is 17.0. The molecule has 8 heteroatoms. The zero-order valence-corrected chi connectivity index (χ0v) is 14.4. The Morgan fingerprint density at radius 2 is 2.14 bits per heavy atom. The molecule has 7 nitrogen and oxygen atoms in total. The third-order valence-electron chi connectivity index (χ3n) is 4.24. The summed E-state index contributed by atoms with van der Waals surface area (Å²) in [6.07, 6.45) is 1.43. The van der Waals surface area contributed by atoms with E-state index in [9.17, 15) is 13.2 Å². The Bertz CT molecular complexity index is 634. The number of H-pyrrole nitrogens is 1. The molecule has 1 aromatic heterocycles. The van der Waals surface area contributed by atoms with Crippen LogP contribution >= 0.6 is 0 Å². The van der Waals surface area contributed by atoms with E-state index in [0.29, 0.717) is 30.9 Å². The molecule has 1 N–H and O–H groups in total. The normalized spacial score (nSPS) is 20.1. The lowest BCUT2D eigenvalue weighted by Crippen LogP contribution is -2.45. The van der Waals surface area contributed by atoms with Crippen molar-refractivity contribution >= 4 is 15.9 Å². The summed E-state index contributed by atoms with van der Waals surface area (Å²) < 4.78 is 27.1. The largest absolute Gasteiger partial charge is 0.346 e. The van der Waals surface area contributed by atoms with Crippen molar-refractivity contribution in [2.24, 2.45) is 5.92 Å². The molecule has 1 saturated heterocycles. The number of piperidine rings is 1. The van der Waals surface area contributed by atoms with Gasteiger partial charge in [-0.25, -0.2) is 8.42 Å². The molecule has 0 aliphatic carbocycles. The van der Waals surface area contributed by atoms with Crippen LogP contribution in [0.4, 0.5) is 0 Å². The second kappa shape index (κ2) is 6.37. The Hall–Kier alpha value is -1.41. The zero-order valence-electron chi connectivity index (χ0n) is 13.6. The minimum Gasteiger partial charge on any atom is -0.346 e. The molecule has 1 aliphatic heterocycles. The topological polar surface area (TPSA) is 86.4 Å². The van der Waals surface area contributed by atoms with Crippen molar-refractivity contribution in [3.05, 3.63) is 11.4 Å². The lowest BCUT2D eigenvalue weighted by molar-refractivity contribution is -0.135. The van der Waals surface area contributed by atoms with Gasteiger partial charge in [-0.3, -0.25) is 9.89 Å². The number of aromatic nitrogens is 2. The first-order chi connectivity index (χ1) is 10.3. The predicted molar refractivity (Wildman–Crippen MR) is 82.9 cm³/mol. The van der Waals surface area contributed by atoms with Crippen molar-refractivity contribution < 1.29 is 13.2 Å². The molecule has 2 rings (SSSR count). The fourth-order valence-corrected chi connectivity index (χ4v) is 4.74. The van der Waals surface area contributed by atoms with Crippen molar-refractivity contribution in [2.45, 2.75) is 38.5 Å². The first-order valence-corrected chi connectivity index (χ1v) is 8.99. The van der Waals surface area contributed by atoms with Crippen LogP contribution < -0.4 is 0 Å². The Morgan fingerprint density at radius 1 is 1.45 bits per heavy atom. The van der Waals surface area contributed by atoms with Gasteiger partial charge in [0.05, 0.1) is 17.3 Å². The second-order valence-corrected chi connectivity index (χ2v) is 7.69. The maximum atomic E-state index is 12.8. The van der Waals surface area contributed by atoms with Gasteiger partial charge in [-0.05, 0) is 33.6 Å². The average molecular weight is 328 g/mol. The molecule has 22 heavy (non-hydrogen) atoms. The highest BCUT2D eigenvalue weighted by Crippen LogP contribution is 2.27. The number of hydrogen-bond donors (Lipinski definition) is 1. The molecule has 0 radical (unpaired) electrons. The van der Waals surface area contributed by atoms with E-state index in [1.165, 1.54) is 4.31 Å². The van der Waals surface area contributed by atoms with Crippen molar-refractivity contribution in [1.29, 1.82) is 0 Å². The lowest BCUT2D eigenvalue weighted by Gasteiger charge is -2.33. The van der Waals surface area contributed by atoms with Gasteiger partial charge >= 0.3 is 0 Å². The van der Waals surface area contributed by atoms with E-state index < -0.39 is 10.0 Å². The van der Waals surface area contributed by atoms with Gasteiger partial charge < -0.3 is 4.90 Å². The van der Waals surface area contributed by atoms with Gasteiger partial charge in [-0.2, -0.15) is 9.40 Å². The summed E-state index contributed by atoms with van der Waals surface area (Å²) in [6, 6.07) is 0. The van der Waals surface area contributed by atoms with Crippen LogP contribution in [0.2, 0.25) is 0 Å². The number of carbonyl (C=O) groups is 1. The first-order valence-electron chi connectivity index (χ1n) is 7.55. The number of nitrogens with zero attached hydrogens (tertiary/aromatic N) is 3. The fourth-order valence-electron chi connectivity index (χ4n) is 2.88. The van der Waals surface area contributed by atoms with Crippen LogP contribution in [-0.2, 0) is 14.8 Å². The molecule has 2 heterocycles. The molecule has 1 amide bonds. The van der Waals surface area contributed by atoms with Gasteiger partial charge in [0.25, 0.3) is 0 Å². The van der Waals surface area contributed by atoms with Crippen LogP contribution in [-0.4, -0.2) is 60.4 Å². The third-order valence-corrected chi connectivity index (χ3v) is 6.37. The minimum absolute atomic E-state index is 0.0167. The second-order valence-electron chi connectivity index (χ2n) is 5.82. The summed E-state index contributed by atoms with van der Waals surface area (Å²) >= 11 is 0. The number of carbonyl (C=O) groups excluding carboxylic acids is 1. The number of rotatable bonds is 4. The van der Waals surface area contributed by atoms with Gasteiger partial charge in [-0.1, -0.05) is 0 Å². The molecule has 1 atom stereocenters. The Labute approximate surface area is 131 Å². The number of nitrogens with one attached hydrogen (secondary N) is 1. The molecule has 0 bridgehead atoms. The van der Waals surface area contributed by atoms with Gasteiger partial charge in [0.1, 0.15) is 4.90 Å². The molecule has 0 aromatic carbocycles. The number of amides is 1. The SMILES string of the molecule is CCN(C)C(=O)C1CCCN(S(=O)(=O)c2c(C)n[nH]c2C)C1. The maximum Gasteiger partial charge on any atom is 0.246 e. The number of aryl methyl sites for hydroxylation is 2. The van der Waals surface area contributed by atoms with E-state index >= 15 is 0 Å². The monoisotopic (exact) mass is 328 g/mol. The third kappa shape index (κ3) is 3.03. The Morgan fingerprint density at radius 3 is 2.68 bits per heavy atom. The van der Waals surface area contributed by atoms with Crippen LogP contribution in [0.15, 0.2) is 4.90 Å². The quantitative estimate of drug-likeness (QED) is 0.890. The molecule has 1 fully saturated rings. The van der Waals surface area contributed by atoms with Crippen LogP contribution in [0, 0.1) is 19.8 Å². The van der Waals surface area contributed by atoms with Crippen molar-refractivity contribution in [1.82, 2.24) is 19.4 Å². The van der Waals surface area contributed by atoms with E-state index in [1.54, 1.807) is 25.8 Å². The number of sulfonamides is 1. The molecule has 0 saturated carbocycles. The molecule has 0 spiro atoms. The summed E-state index contributed by atoms with van der Waals surface area (Å²) in [5.41, 5.74) is 1.01. The molecule has 1 unspecified atom stereocenters. The summed E-state index contributed by atoms with van der Waals surface area (Å²) in [4.78, 5) is 14.2. The van der Waals surface area contributed by atoms with Crippen molar-refractivity contribution in [3.8, 4) is 0 Å². The number of aromatic amines is 1. The highest BCUT2D eigenvalue weighted by molar-refractivity contribution is 7.89. The summed E-state index contributed by atoms with van der Waals surface area (Å²) in [7, 11) is -1.86. The van der Waals surface area contributed by atoms with E-state index in [1.807, 2.05) is 6.92 Å². The Kier molecular flexibility index (Phi) is 4.91. The predicted octanol–water partition coefficient (Wildman–Crippen LogP) is 0.906. The number of hydrogen-bond acceptors (Lipinski definition) is 4. The highest BCUT2D eigenvalue weighted by Gasteiger charge is 2.36. The van der Waals surface area contributed by atoms with Crippen LogP contribution in [0.5, 0.6) is 0 Å².